The second kappa shape index (κ2) is 13.6. The van der Waals surface area contributed by atoms with Crippen molar-refractivity contribution in [2.24, 2.45) is 29.1 Å². The number of likely N-dealkylation sites (tertiary alicyclic amines) is 1. The highest BCUT2D eigenvalue weighted by Gasteiger charge is 2.69. The van der Waals surface area contributed by atoms with E-state index in [-0.39, 0.29) is 41.7 Å². The maximum absolute atomic E-state index is 14.3. The summed E-state index contributed by atoms with van der Waals surface area (Å²) in [4.78, 5) is 68.1. The van der Waals surface area contributed by atoms with E-state index >= 15 is 0 Å². The van der Waals surface area contributed by atoms with Gasteiger partial charge in [0.25, 0.3) is 5.91 Å². The van der Waals surface area contributed by atoms with Crippen LogP contribution in [0, 0.1) is 29.1 Å². The molecular formula is C32H50N4O6. The van der Waals surface area contributed by atoms with Crippen molar-refractivity contribution in [3.05, 3.63) is 12.7 Å². The second-order valence-corrected chi connectivity index (χ2v) is 13.6. The molecule has 4 amide bonds. The number of amides is 4. The molecule has 0 aromatic carbocycles. The van der Waals surface area contributed by atoms with Gasteiger partial charge in [-0.3, -0.25) is 19.2 Å². The maximum atomic E-state index is 14.3. The topological polar surface area (TPSA) is 134 Å². The third-order valence-electron chi connectivity index (χ3n) is 10.2. The predicted molar refractivity (Wildman–Crippen MR) is 158 cm³/mol. The van der Waals surface area contributed by atoms with Crippen LogP contribution in [-0.2, 0) is 23.9 Å². The Morgan fingerprint density at radius 3 is 2.38 bits per heavy atom. The molecule has 0 aromatic rings. The van der Waals surface area contributed by atoms with Crippen LogP contribution in [0.25, 0.3) is 0 Å². The minimum atomic E-state index is -0.985. The number of carbonyl (C=O) groups is 5. The molecule has 4 aliphatic rings. The second-order valence-electron chi connectivity index (χ2n) is 13.6. The summed E-state index contributed by atoms with van der Waals surface area (Å²) in [5.74, 6) is -1.60. The lowest BCUT2D eigenvalue weighted by Gasteiger charge is -2.37. The van der Waals surface area contributed by atoms with Crippen molar-refractivity contribution in [2.45, 2.75) is 116 Å². The molecule has 1 heterocycles. The number of ketones is 1. The first-order chi connectivity index (χ1) is 20.0. The first kappa shape index (κ1) is 32.0. The molecule has 42 heavy (non-hydrogen) atoms. The highest BCUT2D eigenvalue weighted by Crippen LogP contribution is 2.65. The van der Waals surface area contributed by atoms with Gasteiger partial charge in [0.2, 0.25) is 17.6 Å². The monoisotopic (exact) mass is 586 g/mol. The van der Waals surface area contributed by atoms with Gasteiger partial charge in [-0.25, -0.2) is 4.79 Å². The van der Waals surface area contributed by atoms with Crippen LogP contribution < -0.4 is 16.0 Å². The van der Waals surface area contributed by atoms with Gasteiger partial charge in [-0.2, -0.15) is 0 Å². The van der Waals surface area contributed by atoms with Crippen LogP contribution >= 0.6 is 0 Å². The zero-order valence-corrected chi connectivity index (χ0v) is 25.8. The third-order valence-corrected chi connectivity index (χ3v) is 10.2. The van der Waals surface area contributed by atoms with Crippen molar-refractivity contribution in [3.8, 4) is 0 Å². The average Bonchev–Trinajstić information content (AvgIpc) is 3.30. The number of hydrogen-bond acceptors (Lipinski definition) is 6. The van der Waals surface area contributed by atoms with Gasteiger partial charge in [0.1, 0.15) is 18.2 Å². The highest BCUT2D eigenvalue weighted by molar-refractivity contribution is 6.38. The predicted octanol–water partition coefficient (Wildman–Crippen LogP) is 3.49. The van der Waals surface area contributed by atoms with Crippen LogP contribution in [0.5, 0.6) is 0 Å². The molecule has 10 nitrogen and oxygen atoms in total. The Hall–Kier alpha value is -2.91. The molecule has 0 spiro atoms. The lowest BCUT2D eigenvalue weighted by Crippen LogP contribution is -2.59. The summed E-state index contributed by atoms with van der Waals surface area (Å²) in [6.45, 7) is 12.3. The van der Waals surface area contributed by atoms with Gasteiger partial charge in [0, 0.05) is 13.1 Å². The number of nitrogens with zero attached hydrogens (tertiary/aromatic N) is 1. The number of Topliss-reactive ketones (excluding diaryl/α,β-unsaturated/α-hetero) is 1. The summed E-state index contributed by atoms with van der Waals surface area (Å²) in [5.41, 5.74) is -0.129. The van der Waals surface area contributed by atoms with Gasteiger partial charge >= 0.3 is 6.09 Å². The summed E-state index contributed by atoms with van der Waals surface area (Å²) in [7, 11) is 0. The molecular weight excluding hydrogens is 536 g/mol. The van der Waals surface area contributed by atoms with Gasteiger partial charge in [-0.15, -0.1) is 6.58 Å². The van der Waals surface area contributed by atoms with Crippen LogP contribution in [0.4, 0.5) is 4.79 Å². The Kier molecular flexibility index (Phi) is 10.4. The van der Waals surface area contributed by atoms with Gasteiger partial charge < -0.3 is 25.6 Å². The first-order valence-corrected chi connectivity index (χ1v) is 16.0. The molecule has 1 aliphatic heterocycles. The maximum Gasteiger partial charge on any atom is 0.408 e. The molecule has 1 saturated heterocycles. The number of alkyl carbamates (subject to hydrolysis) is 1. The van der Waals surface area contributed by atoms with Crippen molar-refractivity contribution < 1.29 is 28.7 Å². The van der Waals surface area contributed by atoms with Crippen LogP contribution in [0.3, 0.4) is 0 Å². The molecule has 4 rings (SSSR count). The first-order valence-electron chi connectivity index (χ1n) is 16.0. The quantitative estimate of drug-likeness (QED) is 0.237. The molecule has 3 saturated carbocycles. The zero-order chi connectivity index (χ0) is 30.6. The average molecular weight is 587 g/mol. The van der Waals surface area contributed by atoms with Crippen LogP contribution in [0.2, 0.25) is 0 Å². The van der Waals surface area contributed by atoms with E-state index in [1.54, 1.807) is 4.90 Å². The van der Waals surface area contributed by atoms with E-state index in [9.17, 15) is 24.0 Å². The molecule has 234 valence electrons. The lowest BCUT2D eigenvalue weighted by molar-refractivity contribution is -0.145. The standard InChI is InChI=1S/C32H50N4O6/c1-6-11-23(27(37)29(39)33-16-7-2)34-28(38)26-24-22(32(24,4)5)18-36(26)30(40)25(20-12-9-8-10-13-20)35-31(41)42-21-15-14-19(3)17-21/h7,19-26H,2,6,8-18H2,1,3-5H3,(H,33,39)(H,34,38)(H,35,41)/t19?,21?,22-,23?,24-,25-,26-/m0/s1. The third kappa shape index (κ3) is 7.00. The van der Waals surface area contributed by atoms with E-state index in [4.69, 9.17) is 4.74 Å². The van der Waals surface area contributed by atoms with Crippen LogP contribution in [0.1, 0.15) is 91.9 Å². The van der Waals surface area contributed by atoms with Crippen molar-refractivity contribution in [1.82, 2.24) is 20.9 Å². The Bertz CT molecular complexity index is 1050. The Morgan fingerprint density at radius 1 is 1.05 bits per heavy atom. The fourth-order valence-corrected chi connectivity index (χ4v) is 7.64. The normalized spacial score (nSPS) is 29.5. The zero-order valence-electron chi connectivity index (χ0n) is 25.8. The Morgan fingerprint density at radius 2 is 1.76 bits per heavy atom. The Labute approximate surface area is 250 Å². The number of fused-ring (bicyclic) bond motifs is 1. The molecule has 3 aliphatic carbocycles. The summed E-state index contributed by atoms with van der Waals surface area (Å²) in [6, 6.07) is -2.54. The van der Waals surface area contributed by atoms with Crippen molar-refractivity contribution in [2.75, 3.05) is 13.1 Å². The summed E-state index contributed by atoms with van der Waals surface area (Å²) in [6.07, 6.45) is 9.07. The smallest absolute Gasteiger partial charge is 0.408 e. The lowest BCUT2D eigenvalue weighted by atomic mass is 9.83. The Balaban J connectivity index is 1.52. The molecule has 3 N–H and O–H groups in total. The van der Waals surface area contributed by atoms with Crippen molar-refractivity contribution >= 4 is 29.6 Å². The summed E-state index contributed by atoms with van der Waals surface area (Å²) in [5, 5.41) is 8.25. The van der Waals surface area contributed by atoms with E-state index < -0.39 is 41.8 Å². The summed E-state index contributed by atoms with van der Waals surface area (Å²) >= 11 is 0. The molecule has 0 aromatic heterocycles. The van der Waals surface area contributed by atoms with Gasteiger partial charge in [0.05, 0.1) is 6.04 Å². The van der Waals surface area contributed by atoms with E-state index in [0.29, 0.717) is 25.3 Å². The van der Waals surface area contributed by atoms with Crippen molar-refractivity contribution in [3.63, 3.8) is 0 Å². The van der Waals surface area contributed by atoms with E-state index in [1.165, 1.54) is 6.08 Å². The fraction of sp³-hybridized carbons (Fsp3) is 0.781. The van der Waals surface area contributed by atoms with Crippen LogP contribution in [0.15, 0.2) is 12.7 Å². The molecule has 4 fully saturated rings. The van der Waals surface area contributed by atoms with E-state index in [1.807, 2.05) is 6.92 Å². The van der Waals surface area contributed by atoms with E-state index in [0.717, 1.165) is 51.4 Å². The number of carbonyl (C=O) groups excluding carboxylic acids is 5. The molecule has 0 bridgehead atoms. The fourth-order valence-electron chi connectivity index (χ4n) is 7.64. The highest BCUT2D eigenvalue weighted by atomic mass is 16.6. The van der Waals surface area contributed by atoms with Gasteiger partial charge in [-0.05, 0) is 67.6 Å². The number of ether oxygens (including phenoxy) is 1. The largest absolute Gasteiger partial charge is 0.446 e. The minimum Gasteiger partial charge on any atom is -0.446 e. The minimum absolute atomic E-state index is 0.0297. The number of piperidine rings is 1. The number of nitrogens with one attached hydrogen (secondary N) is 3. The summed E-state index contributed by atoms with van der Waals surface area (Å²) < 4.78 is 5.73. The van der Waals surface area contributed by atoms with E-state index in [2.05, 4.69) is 43.3 Å². The van der Waals surface area contributed by atoms with Gasteiger partial charge in [0.15, 0.2) is 0 Å². The van der Waals surface area contributed by atoms with Crippen LogP contribution in [-0.4, -0.2) is 71.8 Å². The van der Waals surface area contributed by atoms with Crippen molar-refractivity contribution in [1.29, 1.82) is 0 Å². The molecule has 3 unspecified atom stereocenters. The molecule has 0 radical (unpaired) electrons. The SMILES string of the molecule is C=CCNC(=O)C(=O)C(CCC)NC(=O)[C@@H]1[C@@H]2[C@H](CN1C(=O)[C@@H](NC(=O)OC1CCC(C)C1)C1CCCCC1)C2(C)C. The number of rotatable bonds is 12. The molecule has 10 heteroatoms. The van der Waals surface area contributed by atoms with Gasteiger partial charge in [-0.1, -0.05) is 59.5 Å². The number of hydrogen-bond donors (Lipinski definition) is 3. The molecule has 7 atom stereocenters.